The van der Waals surface area contributed by atoms with Gasteiger partial charge in [-0.3, -0.25) is 0 Å². The van der Waals surface area contributed by atoms with Crippen LogP contribution in [0.15, 0.2) is 199 Å². The summed E-state index contributed by atoms with van der Waals surface area (Å²) in [7, 11) is 0. The van der Waals surface area contributed by atoms with Crippen LogP contribution < -0.4 is 0 Å². The van der Waals surface area contributed by atoms with Gasteiger partial charge < -0.3 is 4.42 Å². The van der Waals surface area contributed by atoms with Gasteiger partial charge >= 0.3 is 0 Å². The Morgan fingerprint density at radius 2 is 0.750 bits per heavy atom. The van der Waals surface area contributed by atoms with Crippen LogP contribution in [0.25, 0.3) is 120 Å². The highest BCUT2D eigenvalue weighted by atomic mass is 16.3. The summed E-state index contributed by atoms with van der Waals surface area (Å²) in [5.41, 5.74) is 14.5. The second-order valence-electron chi connectivity index (χ2n) is 17.2. The Balaban J connectivity index is 0.981. The van der Waals surface area contributed by atoms with Crippen LogP contribution in [0, 0.1) is 0 Å². The Kier molecular flexibility index (Phi) is 6.85. The van der Waals surface area contributed by atoms with E-state index in [1.54, 1.807) is 0 Å². The molecule has 11 aromatic carbocycles. The lowest BCUT2D eigenvalue weighted by Crippen LogP contribution is -2.15. The van der Waals surface area contributed by atoms with Crippen LogP contribution in [0.5, 0.6) is 0 Å². The summed E-state index contributed by atoms with van der Waals surface area (Å²) >= 11 is 0. The first kappa shape index (κ1) is 33.5. The first-order valence-corrected chi connectivity index (χ1v) is 21.0. The number of furan rings is 1. The van der Waals surface area contributed by atoms with Gasteiger partial charge in [-0.25, -0.2) is 0 Å². The molecule has 0 unspecified atom stereocenters. The zero-order valence-corrected chi connectivity index (χ0v) is 33.4. The SMILES string of the molecule is CC1(C)c2ccc(-c3ccc4oc5ccc(-c6c7ccccc7c(-c7ccc8ccc9ccccc9c8c7)c7ccccc67)cc5c4c3)cc2-c2ccc3ccccc3c21. The Bertz CT molecular complexity index is 3750. The van der Waals surface area contributed by atoms with Crippen molar-refractivity contribution in [3.8, 4) is 44.5 Å². The van der Waals surface area contributed by atoms with E-state index in [2.05, 4.69) is 208 Å². The molecule has 280 valence electrons. The maximum Gasteiger partial charge on any atom is 0.135 e. The predicted molar refractivity (Wildman–Crippen MR) is 255 cm³/mol. The quantitative estimate of drug-likeness (QED) is 0.129. The molecule has 0 fully saturated rings. The Morgan fingerprint density at radius 3 is 1.40 bits per heavy atom. The van der Waals surface area contributed by atoms with E-state index in [9.17, 15) is 0 Å². The number of rotatable bonds is 3. The highest BCUT2D eigenvalue weighted by Crippen LogP contribution is 2.52. The molecule has 1 aliphatic carbocycles. The van der Waals surface area contributed by atoms with E-state index in [0.29, 0.717) is 0 Å². The smallest absolute Gasteiger partial charge is 0.135 e. The molecular formula is C59H38O. The molecule has 0 saturated carbocycles. The normalized spacial score (nSPS) is 13.3. The highest BCUT2D eigenvalue weighted by Gasteiger charge is 2.37. The Labute approximate surface area is 347 Å². The third-order valence-corrected chi connectivity index (χ3v) is 13.6. The van der Waals surface area contributed by atoms with E-state index in [4.69, 9.17) is 4.42 Å². The number of hydrogen-bond donors (Lipinski definition) is 0. The molecule has 0 atom stereocenters. The van der Waals surface area contributed by atoms with Gasteiger partial charge in [0, 0.05) is 16.2 Å². The lowest BCUT2D eigenvalue weighted by molar-refractivity contribution is 0.666. The zero-order chi connectivity index (χ0) is 39.7. The molecule has 1 aromatic heterocycles. The minimum atomic E-state index is -0.0813. The van der Waals surface area contributed by atoms with Crippen molar-refractivity contribution in [2.24, 2.45) is 0 Å². The molecule has 1 aliphatic rings. The average Bonchev–Trinajstić information content (AvgIpc) is 3.78. The van der Waals surface area contributed by atoms with Gasteiger partial charge in [0.2, 0.25) is 0 Å². The van der Waals surface area contributed by atoms with Crippen LogP contribution in [0.4, 0.5) is 0 Å². The van der Waals surface area contributed by atoms with Crippen molar-refractivity contribution < 1.29 is 4.42 Å². The van der Waals surface area contributed by atoms with Crippen molar-refractivity contribution in [2.75, 3.05) is 0 Å². The van der Waals surface area contributed by atoms with Crippen molar-refractivity contribution >= 4 is 75.8 Å². The van der Waals surface area contributed by atoms with Crippen LogP contribution >= 0.6 is 0 Å². The lowest BCUT2D eigenvalue weighted by Gasteiger charge is -2.23. The van der Waals surface area contributed by atoms with E-state index in [1.165, 1.54) is 109 Å². The van der Waals surface area contributed by atoms with Gasteiger partial charge in [0.15, 0.2) is 0 Å². The lowest BCUT2D eigenvalue weighted by atomic mass is 9.80. The molecule has 0 saturated heterocycles. The average molecular weight is 763 g/mol. The Morgan fingerprint density at radius 1 is 0.317 bits per heavy atom. The fraction of sp³-hybridized carbons (Fsp3) is 0.0508. The molecule has 0 N–H and O–H groups in total. The van der Waals surface area contributed by atoms with Crippen LogP contribution in [0.3, 0.4) is 0 Å². The Hall–Kier alpha value is -7.48. The predicted octanol–water partition coefficient (Wildman–Crippen LogP) is 16.7. The molecule has 1 heterocycles. The molecular weight excluding hydrogens is 725 g/mol. The molecule has 60 heavy (non-hydrogen) atoms. The summed E-state index contributed by atoms with van der Waals surface area (Å²) in [6.45, 7) is 4.74. The van der Waals surface area contributed by atoms with Gasteiger partial charge in [0.05, 0.1) is 0 Å². The van der Waals surface area contributed by atoms with Crippen LogP contribution in [0.2, 0.25) is 0 Å². The third kappa shape index (κ3) is 4.69. The topological polar surface area (TPSA) is 13.1 Å². The molecule has 12 aromatic rings. The molecule has 0 radical (unpaired) electrons. The summed E-state index contributed by atoms with van der Waals surface area (Å²) in [4.78, 5) is 0. The van der Waals surface area contributed by atoms with Gasteiger partial charge in [0.1, 0.15) is 11.2 Å². The van der Waals surface area contributed by atoms with Gasteiger partial charge in [-0.15, -0.1) is 0 Å². The molecule has 0 bridgehead atoms. The van der Waals surface area contributed by atoms with E-state index in [1.807, 2.05) is 0 Å². The van der Waals surface area contributed by atoms with Crippen LogP contribution in [-0.4, -0.2) is 0 Å². The summed E-state index contributed by atoms with van der Waals surface area (Å²) in [6, 6.07) is 72.0. The van der Waals surface area contributed by atoms with E-state index in [0.717, 1.165) is 21.9 Å². The van der Waals surface area contributed by atoms with E-state index < -0.39 is 0 Å². The molecule has 13 rings (SSSR count). The largest absolute Gasteiger partial charge is 0.456 e. The molecule has 1 nitrogen and oxygen atoms in total. The van der Waals surface area contributed by atoms with Crippen molar-refractivity contribution in [1.82, 2.24) is 0 Å². The first-order valence-electron chi connectivity index (χ1n) is 21.0. The van der Waals surface area contributed by atoms with Gasteiger partial charge in [-0.2, -0.15) is 0 Å². The number of hydrogen-bond acceptors (Lipinski definition) is 1. The third-order valence-electron chi connectivity index (χ3n) is 13.6. The summed E-state index contributed by atoms with van der Waals surface area (Å²) in [5.74, 6) is 0. The highest BCUT2D eigenvalue weighted by molar-refractivity contribution is 6.23. The van der Waals surface area contributed by atoms with Crippen molar-refractivity contribution in [1.29, 1.82) is 0 Å². The number of benzene rings is 11. The first-order chi connectivity index (χ1) is 29.5. The van der Waals surface area contributed by atoms with E-state index in [-0.39, 0.29) is 5.41 Å². The van der Waals surface area contributed by atoms with Gasteiger partial charge in [-0.1, -0.05) is 172 Å². The van der Waals surface area contributed by atoms with Crippen LogP contribution in [-0.2, 0) is 5.41 Å². The monoisotopic (exact) mass is 762 g/mol. The standard InChI is InChI=1S/C59H38O/c1-59(2)53-28-24-38(31-50(53)48-27-23-36-12-4-6-14-43(36)58(48)59)39-25-29-54-51(32-39)52-34-41(26-30-55(52)60-54)57-46-17-9-7-15-44(46)56(45-16-8-10-18-47(45)57)40-22-21-37-20-19-35-11-3-5-13-42(35)49(37)33-40/h3-34H,1-2H3. The fourth-order valence-electron chi connectivity index (χ4n) is 10.8. The molecule has 0 aliphatic heterocycles. The second kappa shape index (κ2) is 12.3. The maximum absolute atomic E-state index is 6.54. The second-order valence-corrected chi connectivity index (χ2v) is 17.2. The van der Waals surface area contributed by atoms with Crippen molar-refractivity contribution in [3.05, 3.63) is 205 Å². The maximum atomic E-state index is 6.54. The summed E-state index contributed by atoms with van der Waals surface area (Å²) < 4.78 is 6.54. The van der Waals surface area contributed by atoms with Gasteiger partial charge in [0.25, 0.3) is 0 Å². The minimum absolute atomic E-state index is 0.0813. The molecule has 0 spiro atoms. The van der Waals surface area contributed by atoms with Crippen molar-refractivity contribution in [2.45, 2.75) is 19.3 Å². The van der Waals surface area contributed by atoms with Crippen LogP contribution in [0.1, 0.15) is 25.0 Å². The molecule has 1 heteroatoms. The van der Waals surface area contributed by atoms with Crippen molar-refractivity contribution in [3.63, 3.8) is 0 Å². The number of fused-ring (bicyclic) bond motifs is 13. The summed E-state index contributed by atoms with van der Waals surface area (Å²) in [6.07, 6.45) is 0. The fourth-order valence-corrected chi connectivity index (χ4v) is 10.8. The molecule has 0 amide bonds. The van der Waals surface area contributed by atoms with E-state index >= 15 is 0 Å². The zero-order valence-electron chi connectivity index (χ0n) is 33.4. The van der Waals surface area contributed by atoms with Gasteiger partial charge in [-0.05, 0) is 146 Å². The summed E-state index contributed by atoms with van der Waals surface area (Å²) in [5, 5.41) is 15.0. The minimum Gasteiger partial charge on any atom is -0.456 e.